The number of rotatable bonds is 4. The van der Waals surface area contributed by atoms with Crippen LogP contribution in [0, 0.1) is 0 Å². The zero-order valence-electron chi connectivity index (χ0n) is 14.5. The van der Waals surface area contributed by atoms with Crippen LogP contribution >= 0.6 is 11.3 Å². The Kier molecular flexibility index (Phi) is 4.64. The van der Waals surface area contributed by atoms with E-state index in [9.17, 15) is 8.42 Å². The number of benzene rings is 1. The average Bonchev–Trinajstić information content (AvgIpc) is 3.13. The molecule has 3 aromatic rings. The van der Waals surface area contributed by atoms with Gasteiger partial charge < -0.3 is 4.90 Å². The minimum Gasteiger partial charge on any atom is -0.353 e. The summed E-state index contributed by atoms with van der Waals surface area (Å²) in [4.78, 5) is 13.2. The molecule has 0 amide bonds. The highest BCUT2D eigenvalue weighted by Crippen LogP contribution is 2.36. The number of nitrogens with zero attached hydrogens (tertiary/aromatic N) is 4. The van der Waals surface area contributed by atoms with E-state index in [1.54, 1.807) is 28.9 Å². The van der Waals surface area contributed by atoms with Crippen molar-refractivity contribution in [3.8, 4) is 10.4 Å². The Labute approximate surface area is 157 Å². The van der Waals surface area contributed by atoms with Crippen molar-refractivity contribution >= 4 is 37.4 Å². The van der Waals surface area contributed by atoms with E-state index in [4.69, 9.17) is 0 Å². The standard InChI is InChI=1S/C18H20N4O2S2/c1-2-26(23,24)22-10-8-21(9-11-22)17-15-12-16(14-6-4-3-5-7-14)25-18(15)20-13-19-17/h3-7,12-13H,2,8-11H2,1H3. The first-order chi connectivity index (χ1) is 12.6. The Balaban J connectivity index is 1.63. The fourth-order valence-corrected chi connectivity index (χ4v) is 5.28. The van der Waals surface area contributed by atoms with E-state index < -0.39 is 10.0 Å². The molecule has 1 aliphatic heterocycles. The molecule has 8 heteroatoms. The average molecular weight is 389 g/mol. The Hall–Kier alpha value is -2.03. The van der Waals surface area contributed by atoms with E-state index in [-0.39, 0.29) is 5.75 Å². The maximum Gasteiger partial charge on any atom is 0.213 e. The Bertz CT molecular complexity index is 1010. The van der Waals surface area contributed by atoms with Gasteiger partial charge in [0.25, 0.3) is 0 Å². The van der Waals surface area contributed by atoms with Crippen LogP contribution in [0.1, 0.15) is 6.92 Å². The van der Waals surface area contributed by atoms with Gasteiger partial charge in [0.1, 0.15) is 17.0 Å². The lowest BCUT2D eigenvalue weighted by molar-refractivity contribution is 0.385. The van der Waals surface area contributed by atoms with Crippen LogP contribution in [-0.2, 0) is 10.0 Å². The molecule has 136 valence electrons. The van der Waals surface area contributed by atoms with Crippen LogP contribution in [0.15, 0.2) is 42.7 Å². The molecule has 0 saturated carbocycles. The van der Waals surface area contributed by atoms with Gasteiger partial charge in [0.2, 0.25) is 10.0 Å². The summed E-state index contributed by atoms with van der Waals surface area (Å²) in [5, 5.41) is 1.03. The van der Waals surface area contributed by atoms with Gasteiger partial charge >= 0.3 is 0 Å². The smallest absolute Gasteiger partial charge is 0.213 e. The van der Waals surface area contributed by atoms with E-state index in [2.05, 4.69) is 33.1 Å². The van der Waals surface area contributed by atoms with Crippen LogP contribution in [0.2, 0.25) is 0 Å². The number of fused-ring (bicyclic) bond motifs is 1. The van der Waals surface area contributed by atoms with Crippen molar-refractivity contribution in [2.45, 2.75) is 6.92 Å². The first-order valence-electron chi connectivity index (χ1n) is 8.61. The van der Waals surface area contributed by atoms with Gasteiger partial charge in [0.15, 0.2) is 0 Å². The highest BCUT2D eigenvalue weighted by molar-refractivity contribution is 7.89. The van der Waals surface area contributed by atoms with E-state index in [1.165, 1.54) is 5.56 Å². The van der Waals surface area contributed by atoms with Crippen molar-refractivity contribution in [2.24, 2.45) is 0 Å². The second kappa shape index (κ2) is 6.94. The van der Waals surface area contributed by atoms with Gasteiger partial charge in [-0.2, -0.15) is 4.31 Å². The van der Waals surface area contributed by atoms with Crippen molar-refractivity contribution in [1.82, 2.24) is 14.3 Å². The third-order valence-electron chi connectivity index (χ3n) is 4.66. The largest absolute Gasteiger partial charge is 0.353 e. The van der Waals surface area contributed by atoms with E-state index in [0.29, 0.717) is 26.2 Å². The minimum atomic E-state index is -3.13. The number of aromatic nitrogens is 2. The molecule has 1 fully saturated rings. The predicted molar refractivity (Wildman–Crippen MR) is 106 cm³/mol. The van der Waals surface area contributed by atoms with Gasteiger partial charge in [-0.1, -0.05) is 30.3 Å². The molecule has 0 spiro atoms. The van der Waals surface area contributed by atoms with Crippen LogP contribution < -0.4 is 4.90 Å². The van der Waals surface area contributed by atoms with Gasteiger partial charge in [-0.3, -0.25) is 0 Å². The SMILES string of the molecule is CCS(=O)(=O)N1CCN(c2ncnc3sc(-c4ccccc4)cc23)CC1. The molecule has 1 saturated heterocycles. The van der Waals surface area contributed by atoms with E-state index in [0.717, 1.165) is 20.9 Å². The molecular weight excluding hydrogens is 368 g/mol. The Morgan fingerprint density at radius 2 is 1.81 bits per heavy atom. The quantitative estimate of drug-likeness (QED) is 0.688. The molecule has 4 rings (SSSR count). The first-order valence-corrected chi connectivity index (χ1v) is 11.0. The van der Waals surface area contributed by atoms with Crippen LogP contribution in [0.3, 0.4) is 0 Å². The van der Waals surface area contributed by atoms with Crippen LogP contribution in [0.4, 0.5) is 5.82 Å². The highest BCUT2D eigenvalue weighted by Gasteiger charge is 2.27. The zero-order valence-corrected chi connectivity index (χ0v) is 16.1. The van der Waals surface area contributed by atoms with Crippen LogP contribution in [-0.4, -0.2) is 54.6 Å². The van der Waals surface area contributed by atoms with Crippen LogP contribution in [0.5, 0.6) is 0 Å². The lowest BCUT2D eigenvalue weighted by Crippen LogP contribution is -2.49. The molecule has 0 aliphatic carbocycles. The van der Waals surface area contributed by atoms with Crippen molar-refractivity contribution < 1.29 is 8.42 Å². The first kappa shape index (κ1) is 17.4. The topological polar surface area (TPSA) is 66.4 Å². The normalized spacial score (nSPS) is 16.3. The van der Waals surface area contributed by atoms with Crippen LogP contribution in [0.25, 0.3) is 20.7 Å². The number of hydrogen-bond acceptors (Lipinski definition) is 6. The molecule has 0 radical (unpaired) electrons. The number of thiophene rings is 1. The van der Waals surface area contributed by atoms with Gasteiger partial charge in [-0.25, -0.2) is 18.4 Å². The molecule has 1 aromatic carbocycles. The molecule has 1 aliphatic rings. The second-order valence-corrected chi connectivity index (χ2v) is 9.47. The molecular formula is C18H20N4O2S2. The lowest BCUT2D eigenvalue weighted by Gasteiger charge is -2.34. The van der Waals surface area contributed by atoms with Crippen molar-refractivity contribution in [1.29, 1.82) is 0 Å². The fourth-order valence-electron chi connectivity index (χ4n) is 3.20. The summed E-state index contributed by atoms with van der Waals surface area (Å²) in [6.45, 7) is 3.96. The molecule has 2 aromatic heterocycles. The summed E-state index contributed by atoms with van der Waals surface area (Å²) in [5.74, 6) is 1.04. The van der Waals surface area contributed by atoms with Crippen molar-refractivity contribution in [3.63, 3.8) is 0 Å². The summed E-state index contributed by atoms with van der Waals surface area (Å²) in [6, 6.07) is 12.4. The Morgan fingerprint density at radius 3 is 2.50 bits per heavy atom. The van der Waals surface area contributed by atoms with E-state index >= 15 is 0 Å². The molecule has 0 atom stereocenters. The number of anilines is 1. The van der Waals surface area contributed by atoms with Crippen molar-refractivity contribution in [2.75, 3.05) is 36.8 Å². The maximum absolute atomic E-state index is 12.1. The number of sulfonamides is 1. The Morgan fingerprint density at radius 1 is 1.08 bits per heavy atom. The number of hydrogen-bond donors (Lipinski definition) is 0. The lowest BCUT2D eigenvalue weighted by atomic mass is 10.2. The predicted octanol–water partition coefficient (Wildman–Crippen LogP) is 2.83. The van der Waals surface area contributed by atoms with E-state index in [1.807, 2.05) is 18.2 Å². The maximum atomic E-state index is 12.1. The van der Waals surface area contributed by atoms with Crippen molar-refractivity contribution in [3.05, 3.63) is 42.7 Å². The summed E-state index contributed by atoms with van der Waals surface area (Å²) < 4.78 is 25.7. The third kappa shape index (κ3) is 3.20. The summed E-state index contributed by atoms with van der Waals surface area (Å²) in [6.07, 6.45) is 1.60. The second-order valence-electron chi connectivity index (χ2n) is 6.18. The summed E-state index contributed by atoms with van der Waals surface area (Å²) in [5.41, 5.74) is 1.17. The minimum absolute atomic E-state index is 0.149. The molecule has 0 N–H and O–H groups in total. The highest BCUT2D eigenvalue weighted by atomic mass is 32.2. The third-order valence-corrected chi connectivity index (χ3v) is 7.64. The fraction of sp³-hybridized carbons (Fsp3) is 0.333. The molecule has 0 bridgehead atoms. The zero-order chi connectivity index (χ0) is 18.1. The molecule has 26 heavy (non-hydrogen) atoms. The van der Waals surface area contributed by atoms with Gasteiger partial charge in [-0.05, 0) is 18.6 Å². The van der Waals surface area contributed by atoms with Gasteiger partial charge in [0.05, 0.1) is 11.1 Å². The van der Waals surface area contributed by atoms with Gasteiger partial charge in [0, 0.05) is 31.1 Å². The monoisotopic (exact) mass is 388 g/mol. The number of piperazine rings is 1. The summed E-state index contributed by atoms with van der Waals surface area (Å²) in [7, 11) is -3.13. The molecule has 6 nitrogen and oxygen atoms in total. The summed E-state index contributed by atoms with van der Waals surface area (Å²) >= 11 is 1.65. The molecule has 0 unspecified atom stereocenters. The van der Waals surface area contributed by atoms with Gasteiger partial charge in [-0.15, -0.1) is 11.3 Å². The molecule has 3 heterocycles.